The van der Waals surface area contributed by atoms with Gasteiger partial charge in [0.05, 0.1) is 36.6 Å². The highest BCUT2D eigenvalue weighted by Gasteiger charge is 2.14. The Labute approximate surface area is 125 Å². The van der Waals surface area contributed by atoms with Gasteiger partial charge in [-0.25, -0.2) is 4.98 Å². The molecule has 0 amide bonds. The van der Waals surface area contributed by atoms with Crippen molar-refractivity contribution in [2.24, 2.45) is 5.73 Å². The smallest absolute Gasteiger partial charge is 0.0994 e. The third-order valence-electron chi connectivity index (χ3n) is 3.35. The topological polar surface area (TPSA) is 64.1 Å². The second kappa shape index (κ2) is 5.36. The van der Waals surface area contributed by atoms with E-state index >= 15 is 0 Å². The first-order valence-electron chi connectivity index (χ1n) is 6.28. The van der Waals surface area contributed by atoms with E-state index in [1.165, 1.54) is 0 Å². The molecule has 0 spiro atoms. The van der Waals surface area contributed by atoms with E-state index in [2.05, 4.69) is 33.0 Å². The van der Waals surface area contributed by atoms with Gasteiger partial charge in [-0.1, -0.05) is 40.2 Å². The molecule has 1 aromatic heterocycles. The number of nitrogens with zero attached hydrogens (tertiary/aromatic N) is 2. The number of imidazole rings is 1. The van der Waals surface area contributed by atoms with Gasteiger partial charge in [-0.15, -0.1) is 0 Å². The van der Waals surface area contributed by atoms with Crippen molar-refractivity contribution >= 4 is 26.7 Å². The number of aliphatic hydroxyl groups is 1. The Balaban J connectivity index is 2.26. The maximum atomic E-state index is 9.26. The number of halogens is 1. The van der Waals surface area contributed by atoms with E-state index in [4.69, 9.17) is 5.73 Å². The van der Waals surface area contributed by atoms with Gasteiger partial charge in [0.2, 0.25) is 0 Å². The fourth-order valence-corrected chi connectivity index (χ4v) is 2.81. The van der Waals surface area contributed by atoms with Crippen LogP contribution in [-0.4, -0.2) is 21.3 Å². The van der Waals surface area contributed by atoms with Crippen LogP contribution in [0.4, 0.5) is 0 Å². The molecule has 0 saturated heterocycles. The molecule has 3 N–H and O–H groups in total. The standard InChI is InChI=1S/C15H14BrN3O/c16-12-5-6-14(11-4-2-1-3-10(11)12)19-9-18-7-15(19)13(17)8-20/h1-7,9,13,20H,8,17H2. The molecule has 3 rings (SSSR count). The highest BCUT2D eigenvalue weighted by molar-refractivity contribution is 9.10. The molecule has 1 heterocycles. The molecule has 2 aromatic carbocycles. The zero-order valence-electron chi connectivity index (χ0n) is 10.7. The number of hydrogen-bond donors (Lipinski definition) is 2. The van der Waals surface area contributed by atoms with Crippen LogP contribution >= 0.6 is 15.9 Å². The van der Waals surface area contributed by atoms with Crippen LogP contribution in [0, 0.1) is 0 Å². The third kappa shape index (κ3) is 2.14. The van der Waals surface area contributed by atoms with Crippen molar-refractivity contribution in [1.82, 2.24) is 9.55 Å². The first-order chi connectivity index (χ1) is 9.72. The molecule has 0 aliphatic heterocycles. The zero-order valence-corrected chi connectivity index (χ0v) is 12.3. The molecule has 4 nitrogen and oxygen atoms in total. The van der Waals surface area contributed by atoms with Gasteiger partial charge in [0, 0.05) is 9.86 Å². The van der Waals surface area contributed by atoms with Gasteiger partial charge in [0.15, 0.2) is 0 Å². The van der Waals surface area contributed by atoms with E-state index < -0.39 is 6.04 Å². The molecule has 1 atom stereocenters. The Bertz CT molecular complexity index is 754. The van der Waals surface area contributed by atoms with Crippen LogP contribution in [0.2, 0.25) is 0 Å². The van der Waals surface area contributed by atoms with Gasteiger partial charge in [-0.2, -0.15) is 0 Å². The molecule has 5 heteroatoms. The summed E-state index contributed by atoms with van der Waals surface area (Å²) in [6, 6.07) is 11.7. The van der Waals surface area contributed by atoms with Crippen molar-refractivity contribution in [3.8, 4) is 5.69 Å². The highest BCUT2D eigenvalue weighted by atomic mass is 79.9. The molecule has 0 aliphatic carbocycles. The molecule has 0 saturated carbocycles. The molecule has 3 aromatic rings. The van der Waals surface area contributed by atoms with Gasteiger partial charge in [-0.05, 0) is 17.5 Å². The number of rotatable bonds is 3. The molecule has 0 bridgehead atoms. The number of aromatic nitrogens is 2. The molecule has 1 unspecified atom stereocenters. The van der Waals surface area contributed by atoms with Crippen LogP contribution in [0.1, 0.15) is 11.7 Å². The molecule has 102 valence electrons. The van der Waals surface area contributed by atoms with Gasteiger partial charge < -0.3 is 15.4 Å². The van der Waals surface area contributed by atoms with E-state index in [-0.39, 0.29) is 6.61 Å². The lowest BCUT2D eigenvalue weighted by Crippen LogP contribution is -2.18. The second-order valence-electron chi connectivity index (χ2n) is 4.59. The molecule has 0 aliphatic rings. The Kier molecular flexibility index (Phi) is 3.56. The lowest BCUT2D eigenvalue weighted by molar-refractivity contribution is 0.265. The summed E-state index contributed by atoms with van der Waals surface area (Å²) in [5.41, 5.74) is 7.72. The summed E-state index contributed by atoms with van der Waals surface area (Å²) in [7, 11) is 0. The van der Waals surface area contributed by atoms with Crippen molar-refractivity contribution in [3.05, 3.63) is 59.1 Å². The number of aliphatic hydroxyl groups excluding tert-OH is 1. The van der Waals surface area contributed by atoms with Crippen LogP contribution in [0.5, 0.6) is 0 Å². The average Bonchev–Trinajstić information content (AvgIpc) is 2.96. The normalized spacial score (nSPS) is 12.8. The van der Waals surface area contributed by atoms with E-state index in [1.807, 2.05) is 28.8 Å². The van der Waals surface area contributed by atoms with Crippen molar-refractivity contribution in [1.29, 1.82) is 0 Å². The first kappa shape index (κ1) is 13.3. The van der Waals surface area contributed by atoms with Crippen LogP contribution in [-0.2, 0) is 0 Å². The maximum Gasteiger partial charge on any atom is 0.0994 e. The number of benzene rings is 2. The fraction of sp³-hybridized carbons (Fsp3) is 0.133. The number of nitrogens with two attached hydrogens (primary N) is 1. The van der Waals surface area contributed by atoms with Crippen molar-refractivity contribution < 1.29 is 5.11 Å². The summed E-state index contributed by atoms with van der Waals surface area (Å²) in [4.78, 5) is 4.16. The lowest BCUT2D eigenvalue weighted by Gasteiger charge is -2.15. The van der Waals surface area contributed by atoms with E-state index in [0.717, 1.165) is 26.6 Å². The second-order valence-corrected chi connectivity index (χ2v) is 5.44. The summed E-state index contributed by atoms with van der Waals surface area (Å²) in [6.07, 6.45) is 3.41. The average molecular weight is 332 g/mol. The van der Waals surface area contributed by atoms with Crippen molar-refractivity contribution in [2.45, 2.75) is 6.04 Å². The van der Waals surface area contributed by atoms with Crippen molar-refractivity contribution in [2.75, 3.05) is 6.61 Å². The number of fused-ring (bicyclic) bond motifs is 1. The zero-order chi connectivity index (χ0) is 14.1. The van der Waals surface area contributed by atoms with Gasteiger partial charge in [0.25, 0.3) is 0 Å². The minimum absolute atomic E-state index is 0.111. The predicted molar refractivity (Wildman–Crippen MR) is 82.8 cm³/mol. The van der Waals surface area contributed by atoms with Crippen LogP contribution in [0.15, 0.2) is 53.4 Å². The largest absolute Gasteiger partial charge is 0.394 e. The van der Waals surface area contributed by atoms with Crippen LogP contribution < -0.4 is 5.73 Å². The minimum Gasteiger partial charge on any atom is -0.394 e. The molecule has 0 radical (unpaired) electrons. The Morgan fingerprint density at radius 3 is 2.70 bits per heavy atom. The highest BCUT2D eigenvalue weighted by Crippen LogP contribution is 2.30. The Morgan fingerprint density at radius 2 is 1.95 bits per heavy atom. The van der Waals surface area contributed by atoms with Gasteiger partial charge in [0.1, 0.15) is 0 Å². The van der Waals surface area contributed by atoms with E-state index in [1.54, 1.807) is 12.5 Å². The monoisotopic (exact) mass is 331 g/mol. The van der Waals surface area contributed by atoms with Crippen LogP contribution in [0.3, 0.4) is 0 Å². The molecule has 20 heavy (non-hydrogen) atoms. The van der Waals surface area contributed by atoms with Gasteiger partial charge >= 0.3 is 0 Å². The summed E-state index contributed by atoms with van der Waals surface area (Å²) < 4.78 is 2.97. The maximum absolute atomic E-state index is 9.26. The Hall–Kier alpha value is -1.69. The van der Waals surface area contributed by atoms with Gasteiger partial charge in [-0.3, -0.25) is 0 Å². The quantitative estimate of drug-likeness (QED) is 0.775. The first-order valence-corrected chi connectivity index (χ1v) is 7.08. The molecular weight excluding hydrogens is 318 g/mol. The SMILES string of the molecule is NC(CO)c1cncn1-c1ccc(Br)c2ccccc12. The Morgan fingerprint density at radius 1 is 1.20 bits per heavy atom. The van der Waals surface area contributed by atoms with E-state index in [9.17, 15) is 5.11 Å². The summed E-state index contributed by atoms with van der Waals surface area (Å²) in [6.45, 7) is -0.111. The lowest BCUT2D eigenvalue weighted by atomic mass is 10.1. The molecular formula is C15H14BrN3O. The predicted octanol–water partition coefficient (Wildman–Crippen LogP) is 2.78. The van der Waals surface area contributed by atoms with Crippen molar-refractivity contribution in [3.63, 3.8) is 0 Å². The third-order valence-corrected chi connectivity index (χ3v) is 4.04. The molecule has 0 fully saturated rings. The fourth-order valence-electron chi connectivity index (χ4n) is 2.33. The summed E-state index contributed by atoms with van der Waals surface area (Å²) >= 11 is 3.57. The minimum atomic E-state index is -0.445. The summed E-state index contributed by atoms with van der Waals surface area (Å²) in [5, 5.41) is 11.5. The van der Waals surface area contributed by atoms with E-state index in [0.29, 0.717) is 0 Å². The van der Waals surface area contributed by atoms with Crippen LogP contribution in [0.25, 0.3) is 16.5 Å². The summed E-state index contributed by atoms with van der Waals surface area (Å²) in [5.74, 6) is 0. The number of hydrogen-bond acceptors (Lipinski definition) is 3.